The minimum Gasteiger partial charge on any atom is -0.467 e. The number of aryl methyl sites for hydroxylation is 1. The van der Waals surface area contributed by atoms with Gasteiger partial charge in [-0.15, -0.1) is 11.3 Å². The zero-order valence-corrected chi connectivity index (χ0v) is 12.0. The summed E-state index contributed by atoms with van der Waals surface area (Å²) in [5.74, 6) is 0.398. The van der Waals surface area contributed by atoms with Gasteiger partial charge in [0.2, 0.25) is 0 Å². The number of rotatable bonds is 4. The van der Waals surface area contributed by atoms with Gasteiger partial charge < -0.3 is 15.5 Å². The summed E-state index contributed by atoms with van der Waals surface area (Å²) >= 11 is 1.53. The van der Waals surface area contributed by atoms with Crippen molar-refractivity contribution in [2.75, 3.05) is 0 Å². The standard InChI is InChI=1S/C13H17N3O2S/c1-8-7-19-12(15-8)13(2,3)16-11(17)9-4-10(5-14)18-6-9/h4,6-7H,5,14H2,1-3H3,(H,16,17). The lowest BCUT2D eigenvalue weighted by Gasteiger charge is -2.23. The topological polar surface area (TPSA) is 81.2 Å². The van der Waals surface area contributed by atoms with Crippen molar-refractivity contribution < 1.29 is 9.21 Å². The molecule has 0 fully saturated rings. The van der Waals surface area contributed by atoms with E-state index >= 15 is 0 Å². The SMILES string of the molecule is Cc1csc(C(C)(C)NC(=O)c2coc(CN)c2)n1. The number of carbonyl (C=O) groups is 1. The van der Waals surface area contributed by atoms with Crippen LogP contribution in [-0.2, 0) is 12.1 Å². The molecule has 0 atom stereocenters. The summed E-state index contributed by atoms with van der Waals surface area (Å²) in [5, 5.41) is 5.79. The summed E-state index contributed by atoms with van der Waals surface area (Å²) in [6, 6.07) is 1.65. The smallest absolute Gasteiger partial charge is 0.255 e. The molecular weight excluding hydrogens is 262 g/mol. The Morgan fingerprint density at radius 2 is 2.32 bits per heavy atom. The Bertz CT molecular complexity index is 586. The van der Waals surface area contributed by atoms with Gasteiger partial charge in [-0.05, 0) is 26.8 Å². The van der Waals surface area contributed by atoms with E-state index in [4.69, 9.17) is 10.2 Å². The zero-order valence-electron chi connectivity index (χ0n) is 11.2. The number of nitrogens with two attached hydrogens (primary N) is 1. The van der Waals surface area contributed by atoms with Crippen LogP contribution in [-0.4, -0.2) is 10.9 Å². The van der Waals surface area contributed by atoms with E-state index < -0.39 is 5.54 Å². The number of furan rings is 1. The van der Waals surface area contributed by atoms with Crippen molar-refractivity contribution in [1.29, 1.82) is 0 Å². The number of amides is 1. The molecule has 2 heterocycles. The van der Waals surface area contributed by atoms with Gasteiger partial charge in [-0.3, -0.25) is 4.79 Å². The molecule has 0 radical (unpaired) electrons. The van der Waals surface area contributed by atoms with E-state index in [-0.39, 0.29) is 12.5 Å². The molecule has 2 aromatic heterocycles. The van der Waals surface area contributed by atoms with Crippen molar-refractivity contribution in [3.05, 3.63) is 39.7 Å². The molecule has 102 valence electrons. The van der Waals surface area contributed by atoms with Crippen LogP contribution in [0.15, 0.2) is 22.1 Å². The molecule has 0 spiro atoms. The van der Waals surface area contributed by atoms with Gasteiger partial charge in [0, 0.05) is 11.1 Å². The van der Waals surface area contributed by atoms with E-state index in [2.05, 4.69) is 10.3 Å². The Labute approximate surface area is 115 Å². The molecule has 1 amide bonds. The van der Waals surface area contributed by atoms with E-state index in [1.54, 1.807) is 6.07 Å². The molecule has 0 aliphatic carbocycles. The van der Waals surface area contributed by atoms with Crippen LogP contribution < -0.4 is 11.1 Å². The van der Waals surface area contributed by atoms with Gasteiger partial charge in [0.1, 0.15) is 17.0 Å². The minimum absolute atomic E-state index is 0.193. The molecule has 0 aliphatic heterocycles. The van der Waals surface area contributed by atoms with Gasteiger partial charge in [-0.2, -0.15) is 0 Å². The number of nitrogens with one attached hydrogen (secondary N) is 1. The van der Waals surface area contributed by atoms with E-state index in [1.165, 1.54) is 17.6 Å². The highest BCUT2D eigenvalue weighted by Crippen LogP contribution is 2.24. The molecule has 5 nitrogen and oxygen atoms in total. The van der Waals surface area contributed by atoms with Crippen LogP contribution in [0.3, 0.4) is 0 Å². The van der Waals surface area contributed by atoms with E-state index in [0.717, 1.165) is 10.7 Å². The third kappa shape index (κ3) is 3.02. The Kier molecular flexibility index (Phi) is 3.73. The second-order valence-corrected chi connectivity index (χ2v) is 5.74. The van der Waals surface area contributed by atoms with E-state index in [9.17, 15) is 4.79 Å². The molecule has 3 N–H and O–H groups in total. The molecule has 0 unspecified atom stereocenters. The van der Waals surface area contributed by atoms with Crippen molar-refractivity contribution in [2.45, 2.75) is 32.9 Å². The number of aromatic nitrogens is 1. The van der Waals surface area contributed by atoms with Crippen molar-refractivity contribution in [3.63, 3.8) is 0 Å². The molecule has 2 rings (SSSR count). The summed E-state index contributed by atoms with van der Waals surface area (Å²) in [7, 11) is 0. The second kappa shape index (κ2) is 5.14. The van der Waals surface area contributed by atoms with Crippen LogP contribution in [0, 0.1) is 6.92 Å². The van der Waals surface area contributed by atoms with Crippen molar-refractivity contribution in [1.82, 2.24) is 10.3 Å². The number of nitrogens with zero attached hydrogens (tertiary/aromatic N) is 1. The van der Waals surface area contributed by atoms with Crippen molar-refractivity contribution in [3.8, 4) is 0 Å². The van der Waals surface area contributed by atoms with Gasteiger partial charge in [0.25, 0.3) is 5.91 Å². The summed E-state index contributed by atoms with van der Waals surface area (Å²) in [5.41, 5.74) is 6.36. The average molecular weight is 279 g/mol. The van der Waals surface area contributed by atoms with Gasteiger partial charge in [0.15, 0.2) is 0 Å². The lowest BCUT2D eigenvalue weighted by atomic mass is 10.1. The molecule has 0 saturated heterocycles. The third-order valence-electron chi connectivity index (χ3n) is 2.70. The number of carbonyl (C=O) groups excluding carboxylic acids is 1. The van der Waals surface area contributed by atoms with Crippen LogP contribution in [0.2, 0.25) is 0 Å². The first kappa shape index (κ1) is 13.8. The largest absolute Gasteiger partial charge is 0.467 e. The molecule has 6 heteroatoms. The highest BCUT2D eigenvalue weighted by Gasteiger charge is 2.27. The fourth-order valence-corrected chi connectivity index (χ4v) is 2.53. The number of thiazole rings is 1. The summed E-state index contributed by atoms with van der Waals surface area (Å²) in [4.78, 5) is 16.5. The first-order valence-electron chi connectivity index (χ1n) is 5.95. The Balaban J connectivity index is 2.13. The molecule has 19 heavy (non-hydrogen) atoms. The molecule has 0 aromatic carbocycles. The van der Waals surface area contributed by atoms with Crippen molar-refractivity contribution >= 4 is 17.2 Å². The van der Waals surface area contributed by atoms with Crippen LogP contribution in [0.5, 0.6) is 0 Å². The summed E-state index contributed by atoms with van der Waals surface area (Å²) in [6.45, 7) is 6.06. The highest BCUT2D eigenvalue weighted by atomic mass is 32.1. The maximum atomic E-state index is 12.1. The Morgan fingerprint density at radius 1 is 1.58 bits per heavy atom. The molecule has 0 saturated carbocycles. The minimum atomic E-state index is -0.518. The maximum Gasteiger partial charge on any atom is 0.255 e. The Hall–Kier alpha value is -1.66. The molecule has 0 bridgehead atoms. The van der Waals surface area contributed by atoms with Crippen LogP contribution >= 0.6 is 11.3 Å². The normalized spacial score (nSPS) is 11.6. The first-order chi connectivity index (χ1) is 8.92. The predicted octanol–water partition coefficient (Wildman–Crippen LogP) is 2.17. The molecule has 0 aliphatic rings. The molecule has 2 aromatic rings. The lowest BCUT2D eigenvalue weighted by molar-refractivity contribution is 0.0911. The maximum absolute atomic E-state index is 12.1. The highest BCUT2D eigenvalue weighted by molar-refractivity contribution is 7.09. The summed E-state index contributed by atoms with van der Waals surface area (Å²) in [6.07, 6.45) is 1.42. The van der Waals surface area contributed by atoms with Gasteiger partial charge in [-0.25, -0.2) is 4.98 Å². The van der Waals surface area contributed by atoms with E-state index in [0.29, 0.717) is 11.3 Å². The monoisotopic (exact) mass is 279 g/mol. The van der Waals surface area contributed by atoms with Crippen LogP contribution in [0.4, 0.5) is 0 Å². The number of hydrogen-bond donors (Lipinski definition) is 2. The Morgan fingerprint density at radius 3 is 2.84 bits per heavy atom. The van der Waals surface area contributed by atoms with E-state index in [1.807, 2.05) is 26.2 Å². The van der Waals surface area contributed by atoms with Gasteiger partial charge in [0.05, 0.1) is 17.6 Å². The van der Waals surface area contributed by atoms with Crippen LogP contribution in [0.25, 0.3) is 0 Å². The molecular formula is C13H17N3O2S. The number of hydrogen-bond acceptors (Lipinski definition) is 5. The lowest BCUT2D eigenvalue weighted by Crippen LogP contribution is -2.40. The van der Waals surface area contributed by atoms with Crippen molar-refractivity contribution in [2.24, 2.45) is 5.73 Å². The third-order valence-corrected chi connectivity index (χ3v) is 3.98. The predicted molar refractivity (Wildman–Crippen MR) is 73.9 cm³/mol. The van der Waals surface area contributed by atoms with Gasteiger partial charge in [-0.1, -0.05) is 0 Å². The first-order valence-corrected chi connectivity index (χ1v) is 6.83. The van der Waals surface area contributed by atoms with Gasteiger partial charge >= 0.3 is 0 Å². The fourth-order valence-electron chi connectivity index (χ4n) is 1.66. The summed E-state index contributed by atoms with van der Waals surface area (Å²) < 4.78 is 5.16. The second-order valence-electron chi connectivity index (χ2n) is 4.88. The zero-order chi connectivity index (χ0) is 14.0. The quantitative estimate of drug-likeness (QED) is 0.898. The fraction of sp³-hybridized carbons (Fsp3) is 0.385. The average Bonchev–Trinajstić information content (AvgIpc) is 2.96. The van der Waals surface area contributed by atoms with Crippen LogP contribution in [0.1, 0.15) is 40.7 Å².